The van der Waals surface area contributed by atoms with Crippen LogP contribution in [0.15, 0.2) is 12.2 Å². The van der Waals surface area contributed by atoms with Gasteiger partial charge in [0.05, 0.1) is 12.2 Å². The first kappa shape index (κ1) is 27.3. The van der Waals surface area contributed by atoms with Gasteiger partial charge in [0, 0.05) is 13.5 Å². The summed E-state index contributed by atoms with van der Waals surface area (Å²) >= 11 is 0. The van der Waals surface area contributed by atoms with Gasteiger partial charge in [-0.25, -0.2) is 0 Å². The van der Waals surface area contributed by atoms with Crippen molar-refractivity contribution in [1.29, 1.82) is 0 Å². The van der Waals surface area contributed by atoms with Crippen molar-refractivity contribution in [3.8, 4) is 0 Å². The largest absolute Gasteiger partial charge is 0.458 e. The third kappa shape index (κ3) is 12.0. The fraction of sp³-hybridized carbons (Fsp3) is 0.864. The molecular weight excluding hydrogens is 372 g/mol. The van der Waals surface area contributed by atoms with E-state index in [4.69, 9.17) is 9.16 Å². The zero-order valence-electron chi connectivity index (χ0n) is 19.2. The first-order valence-electron chi connectivity index (χ1n) is 10.8. The molecule has 0 amide bonds. The molecule has 28 heavy (non-hydrogen) atoms. The van der Waals surface area contributed by atoms with Crippen LogP contribution in [0, 0.1) is 0 Å². The number of ether oxygens (including phenoxy) is 1. The number of aliphatic hydroxyl groups is 2. The Morgan fingerprint density at radius 1 is 1.04 bits per heavy atom. The molecule has 0 radical (unpaired) electrons. The third-order valence-electron chi connectivity index (χ3n) is 5.49. The highest BCUT2D eigenvalue weighted by atomic mass is 28.4. The van der Waals surface area contributed by atoms with Gasteiger partial charge in [0.1, 0.15) is 6.10 Å². The van der Waals surface area contributed by atoms with E-state index >= 15 is 0 Å². The molecule has 0 unspecified atom stereocenters. The summed E-state index contributed by atoms with van der Waals surface area (Å²) in [7, 11) is -1.73. The fourth-order valence-electron chi connectivity index (χ4n) is 2.54. The number of unbranched alkanes of at least 4 members (excludes halogenated alkanes) is 3. The van der Waals surface area contributed by atoms with Crippen molar-refractivity contribution in [1.82, 2.24) is 0 Å². The minimum absolute atomic E-state index is 0.199. The molecule has 0 spiro atoms. The molecule has 0 rings (SSSR count). The lowest BCUT2D eigenvalue weighted by molar-refractivity contribution is -0.144. The normalized spacial score (nSPS) is 16.2. The maximum atomic E-state index is 11.4. The molecule has 0 aromatic heterocycles. The zero-order valence-corrected chi connectivity index (χ0v) is 20.2. The molecule has 2 N–H and O–H groups in total. The van der Waals surface area contributed by atoms with E-state index in [1.54, 1.807) is 12.2 Å². The molecule has 0 aliphatic rings. The van der Waals surface area contributed by atoms with Crippen molar-refractivity contribution in [2.45, 2.75) is 116 Å². The predicted molar refractivity (Wildman–Crippen MR) is 118 cm³/mol. The van der Waals surface area contributed by atoms with Crippen molar-refractivity contribution < 1.29 is 24.2 Å². The van der Waals surface area contributed by atoms with Gasteiger partial charge in [-0.3, -0.25) is 4.79 Å². The average Bonchev–Trinajstić information content (AvgIpc) is 2.57. The van der Waals surface area contributed by atoms with Gasteiger partial charge in [-0.05, 0) is 49.9 Å². The van der Waals surface area contributed by atoms with Crippen LogP contribution in [-0.4, -0.2) is 49.4 Å². The highest BCUT2D eigenvalue weighted by Gasteiger charge is 2.36. The Morgan fingerprint density at radius 2 is 1.64 bits per heavy atom. The number of carbonyl (C=O) groups excluding carboxylic acids is 1. The summed E-state index contributed by atoms with van der Waals surface area (Å²) in [5.41, 5.74) is 0. The van der Waals surface area contributed by atoms with Crippen LogP contribution in [0.3, 0.4) is 0 Å². The highest BCUT2D eigenvalue weighted by molar-refractivity contribution is 6.74. The van der Waals surface area contributed by atoms with Crippen LogP contribution in [-0.2, 0) is 14.0 Å². The molecule has 0 saturated heterocycles. The van der Waals surface area contributed by atoms with Gasteiger partial charge in [-0.2, -0.15) is 0 Å². The molecule has 0 aliphatic heterocycles. The van der Waals surface area contributed by atoms with E-state index in [2.05, 4.69) is 40.8 Å². The van der Waals surface area contributed by atoms with Crippen molar-refractivity contribution in [3.05, 3.63) is 12.2 Å². The molecule has 0 aromatic carbocycles. The predicted octanol–water partition coefficient (Wildman–Crippen LogP) is 4.97. The Bertz CT molecular complexity index is 456. The minimum atomic E-state index is -1.73. The molecule has 5 nitrogen and oxygen atoms in total. The lowest BCUT2D eigenvalue weighted by Gasteiger charge is -2.36. The summed E-state index contributed by atoms with van der Waals surface area (Å²) in [5.74, 6) is -0.342. The molecule has 6 heteroatoms. The van der Waals surface area contributed by atoms with Crippen LogP contribution in [0.1, 0.15) is 79.6 Å². The van der Waals surface area contributed by atoms with Crippen LogP contribution in [0.5, 0.6) is 0 Å². The number of hydrogen-bond donors (Lipinski definition) is 2. The average molecular weight is 417 g/mol. The van der Waals surface area contributed by atoms with Crippen molar-refractivity contribution in [3.63, 3.8) is 0 Å². The fourth-order valence-corrected chi connectivity index (χ4v) is 3.63. The quantitative estimate of drug-likeness (QED) is 0.181. The summed E-state index contributed by atoms with van der Waals surface area (Å²) in [4.78, 5) is 11.4. The summed E-state index contributed by atoms with van der Waals surface area (Å²) in [6, 6.07) is 0. The molecule has 166 valence electrons. The summed E-state index contributed by atoms with van der Waals surface area (Å²) < 4.78 is 11.5. The number of rotatable bonds is 14. The molecule has 0 fully saturated rings. The van der Waals surface area contributed by atoms with Crippen LogP contribution < -0.4 is 0 Å². The van der Waals surface area contributed by atoms with Gasteiger partial charge in [-0.1, -0.05) is 53.0 Å². The molecule has 0 heterocycles. The summed E-state index contributed by atoms with van der Waals surface area (Å²) in [6.45, 7) is 15.4. The molecule has 0 saturated carbocycles. The Balaban J connectivity index is 4.42. The molecule has 0 aromatic rings. The Hall–Kier alpha value is -0.693. The minimum Gasteiger partial charge on any atom is -0.458 e. The topological polar surface area (TPSA) is 76.0 Å². The standard InChI is InChI=1S/C22H44O5Si/c1-8-9-10-14-20(24)21(25)16-15-19(27-18(2)23)13-11-12-17-26-28(6,7)22(3,4)5/h15-16,19-21,24-25H,8-14,17H2,1-7H3/b16-15+/t19-,20-,21-/m1/s1. The second-order valence-electron chi connectivity index (χ2n) is 9.19. The lowest BCUT2D eigenvalue weighted by atomic mass is 10.0. The Kier molecular flexibility index (Phi) is 13.2. The lowest BCUT2D eigenvalue weighted by Crippen LogP contribution is -2.40. The van der Waals surface area contributed by atoms with Crippen LogP contribution in [0.4, 0.5) is 0 Å². The van der Waals surface area contributed by atoms with Crippen molar-refractivity contribution in [2.24, 2.45) is 0 Å². The van der Waals surface area contributed by atoms with Gasteiger partial charge < -0.3 is 19.4 Å². The summed E-state index contributed by atoms with van der Waals surface area (Å²) in [5, 5.41) is 20.3. The molecule has 0 bridgehead atoms. The second-order valence-corrected chi connectivity index (χ2v) is 14.0. The maximum absolute atomic E-state index is 11.4. The van der Waals surface area contributed by atoms with Gasteiger partial charge in [0.2, 0.25) is 0 Å². The molecule has 0 aliphatic carbocycles. The SMILES string of the molecule is CCCCC[C@@H](O)[C@H](O)/C=C/[C@@H](CCCCO[Si](C)(C)C(C)(C)C)OC(C)=O. The zero-order chi connectivity index (χ0) is 21.8. The van der Waals surface area contributed by atoms with Crippen molar-refractivity contribution in [2.75, 3.05) is 6.61 Å². The van der Waals surface area contributed by atoms with E-state index in [1.807, 2.05) is 0 Å². The molecule has 3 atom stereocenters. The second kappa shape index (κ2) is 13.5. The number of hydrogen-bond acceptors (Lipinski definition) is 5. The van der Waals surface area contributed by atoms with Gasteiger partial charge in [0.15, 0.2) is 8.32 Å². The van der Waals surface area contributed by atoms with E-state index in [-0.39, 0.29) is 17.1 Å². The van der Waals surface area contributed by atoms with Gasteiger partial charge >= 0.3 is 5.97 Å². The smallest absolute Gasteiger partial charge is 0.303 e. The highest BCUT2D eigenvalue weighted by Crippen LogP contribution is 2.36. The number of aliphatic hydroxyl groups excluding tert-OH is 2. The first-order valence-corrected chi connectivity index (χ1v) is 13.7. The van der Waals surface area contributed by atoms with Gasteiger partial charge in [0.25, 0.3) is 0 Å². The first-order chi connectivity index (χ1) is 12.9. The third-order valence-corrected chi connectivity index (χ3v) is 10.0. The van der Waals surface area contributed by atoms with E-state index in [0.717, 1.165) is 32.1 Å². The van der Waals surface area contributed by atoms with Crippen molar-refractivity contribution >= 4 is 14.3 Å². The van der Waals surface area contributed by atoms with Crippen LogP contribution >= 0.6 is 0 Å². The van der Waals surface area contributed by atoms with Crippen LogP contribution in [0.25, 0.3) is 0 Å². The van der Waals surface area contributed by atoms with Gasteiger partial charge in [-0.15, -0.1) is 0 Å². The Labute approximate surface area is 173 Å². The van der Waals surface area contributed by atoms with E-state index in [1.165, 1.54) is 6.92 Å². The number of carbonyl (C=O) groups is 1. The number of esters is 1. The Morgan fingerprint density at radius 3 is 2.18 bits per heavy atom. The van der Waals surface area contributed by atoms with Crippen LogP contribution in [0.2, 0.25) is 18.1 Å². The maximum Gasteiger partial charge on any atom is 0.303 e. The van der Waals surface area contributed by atoms with E-state index in [9.17, 15) is 15.0 Å². The summed E-state index contributed by atoms with van der Waals surface area (Å²) in [6.07, 6.45) is 7.18. The van der Waals surface area contributed by atoms with E-state index in [0.29, 0.717) is 19.4 Å². The van der Waals surface area contributed by atoms with E-state index < -0.39 is 20.5 Å². The molecular formula is C22H44O5Si. The monoisotopic (exact) mass is 416 g/mol.